The van der Waals surface area contributed by atoms with Gasteiger partial charge in [0.2, 0.25) is 41.4 Å². The first-order valence-electron chi connectivity index (χ1n) is 23.7. The van der Waals surface area contributed by atoms with Gasteiger partial charge in [-0.15, -0.1) is 0 Å². The van der Waals surface area contributed by atoms with Crippen LogP contribution in [0, 0.1) is 29.1 Å². The maximum absolute atomic E-state index is 14.5. The smallest absolute Gasteiger partial charge is 0.311 e. The number of likely N-dealkylation sites (N-methyl/N-ethyl adjacent to an activating group) is 3. The number of benzene rings is 1. The normalized spacial score (nSPS) is 27.2. The maximum atomic E-state index is 14.5. The Hall–Kier alpha value is -5.88. The van der Waals surface area contributed by atoms with Crippen molar-refractivity contribution in [2.45, 2.75) is 151 Å². The lowest BCUT2D eigenvalue weighted by Crippen LogP contribution is -2.60. The molecule has 1 aromatic rings. The number of hydrogen-bond donors (Lipinski definition) is 5. The number of rotatable bonds is 8. The number of cyclic esters (lactones) is 1. The standard InChI is InChI=1S/C49H78N8O11/c1-16-29(7)40-45(64)51-25-37(58)55(13)35(23-27(3)4)43(62)50-26-38(59)57(15)39(28(5)6)46(65)56(14)36(24-33-21-19-18-20-22-33)44(63)52-31(9)41(60)49(11,12)48(67)53-32(10)42(61)54-34(17-2)30(8)47(66)68-40/h18-22,27-32,34-36,39-40H,16-17,23-26H2,1-15H3,(H,50,62)(H,51,64)(H,52,63)(H,53,67)(H,54,61)/t29-,30+,31+,32+,34-,35+,36+,39+,40+/m1/s1. The third kappa shape index (κ3) is 15.6. The van der Waals surface area contributed by atoms with Gasteiger partial charge in [-0.25, -0.2) is 0 Å². The van der Waals surface area contributed by atoms with Crippen LogP contribution in [0.1, 0.15) is 108 Å². The molecule has 68 heavy (non-hydrogen) atoms. The SMILES string of the molecule is CC[C@@H](C)[C@@H]1OC(=O)[C@@H](C)[C@@H](CC)NC(=O)[C@H](C)NC(=O)C(C)(C)C(=O)[C@H](C)NC(=O)[C@H](Cc2ccccc2)N(C)C(=O)[C@H](C(C)C)N(C)C(=O)CNC(=O)[C@H](CC(C)C)N(C)C(=O)CNC1=O. The van der Waals surface area contributed by atoms with Crippen LogP contribution in [-0.2, 0) is 59.1 Å². The zero-order valence-corrected chi connectivity index (χ0v) is 42.8. The molecule has 0 aromatic heterocycles. The highest BCUT2D eigenvalue weighted by molar-refractivity contribution is 6.09. The minimum Gasteiger partial charge on any atom is -0.452 e. The van der Waals surface area contributed by atoms with Gasteiger partial charge in [0, 0.05) is 39.5 Å². The van der Waals surface area contributed by atoms with E-state index in [2.05, 4.69) is 26.6 Å². The fourth-order valence-electron chi connectivity index (χ4n) is 7.91. The second kappa shape index (κ2) is 26.0. The van der Waals surface area contributed by atoms with Gasteiger partial charge in [0.05, 0.1) is 25.0 Å². The number of carbonyl (C=O) groups is 10. The van der Waals surface area contributed by atoms with Crippen LogP contribution in [0.2, 0.25) is 0 Å². The molecular formula is C49H78N8O11. The predicted molar refractivity (Wildman–Crippen MR) is 255 cm³/mol. The van der Waals surface area contributed by atoms with Crippen molar-refractivity contribution in [2.75, 3.05) is 34.2 Å². The number of esters is 1. The predicted octanol–water partition coefficient (Wildman–Crippen LogP) is 1.75. The Morgan fingerprint density at radius 1 is 0.676 bits per heavy atom. The van der Waals surface area contributed by atoms with Gasteiger partial charge in [0.25, 0.3) is 5.91 Å². The molecule has 1 aromatic carbocycles. The number of amides is 8. The second-order valence-electron chi connectivity index (χ2n) is 19.4. The lowest BCUT2D eigenvalue weighted by Gasteiger charge is -2.37. The van der Waals surface area contributed by atoms with Gasteiger partial charge in [-0.1, -0.05) is 78.8 Å². The summed E-state index contributed by atoms with van der Waals surface area (Å²) in [7, 11) is 4.24. The number of Topliss-reactive ketones (excluding diaryl/α,β-unsaturated/α-hetero) is 1. The second-order valence-corrected chi connectivity index (χ2v) is 19.4. The summed E-state index contributed by atoms with van der Waals surface area (Å²) in [6, 6.07) is 2.25. The Labute approximate surface area is 402 Å². The molecule has 1 saturated heterocycles. The van der Waals surface area contributed by atoms with E-state index in [-0.39, 0.29) is 25.2 Å². The maximum Gasteiger partial charge on any atom is 0.311 e. The molecule has 2 rings (SSSR count). The summed E-state index contributed by atoms with van der Waals surface area (Å²) in [5, 5.41) is 13.2. The van der Waals surface area contributed by atoms with Crippen molar-refractivity contribution in [3.8, 4) is 0 Å². The minimum atomic E-state index is -1.78. The van der Waals surface area contributed by atoms with Crippen LogP contribution in [0.4, 0.5) is 0 Å². The fourth-order valence-corrected chi connectivity index (χ4v) is 7.91. The van der Waals surface area contributed by atoms with Gasteiger partial charge in [-0.3, -0.25) is 47.9 Å². The lowest BCUT2D eigenvalue weighted by atomic mass is 9.83. The topological polar surface area (TPSA) is 250 Å². The molecule has 1 aliphatic heterocycles. The van der Waals surface area contributed by atoms with Gasteiger partial charge in [-0.2, -0.15) is 0 Å². The van der Waals surface area contributed by atoms with E-state index in [0.29, 0.717) is 12.0 Å². The molecule has 0 bridgehead atoms. The highest BCUT2D eigenvalue weighted by Gasteiger charge is 2.43. The molecule has 1 heterocycles. The number of carbonyl (C=O) groups excluding carboxylic acids is 10. The van der Waals surface area contributed by atoms with E-state index in [1.165, 1.54) is 70.5 Å². The summed E-state index contributed by atoms with van der Waals surface area (Å²) in [5.74, 6) is -8.97. The average Bonchev–Trinajstić information content (AvgIpc) is 3.29. The lowest BCUT2D eigenvalue weighted by molar-refractivity contribution is -0.163. The summed E-state index contributed by atoms with van der Waals surface area (Å²) in [5.41, 5.74) is -1.08. The number of ether oxygens (including phenoxy) is 1. The zero-order chi connectivity index (χ0) is 52.0. The van der Waals surface area contributed by atoms with Gasteiger partial charge < -0.3 is 46.0 Å². The minimum absolute atomic E-state index is 0.0194. The van der Waals surface area contributed by atoms with Gasteiger partial charge >= 0.3 is 5.97 Å². The number of ketones is 1. The Balaban J connectivity index is 2.66. The summed E-state index contributed by atoms with van der Waals surface area (Å²) >= 11 is 0. The molecule has 0 radical (unpaired) electrons. The first kappa shape index (κ1) is 58.2. The van der Waals surface area contributed by atoms with E-state index < -0.39 is 138 Å². The third-order valence-corrected chi connectivity index (χ3v) is 12.9. The molecule has 0 saturated carbocycles. The van der Waals surface area contributed by atoms with E-state index in [0.717, 1.165) is 0 Å². The Kier molecular flexibility index (Phi) is 22.3. The van der Waals surface area contributed by atoms with E-state index in [9.17, 15) is 47.9 Å². The molecule has 380 valence electrons. The highest BCUT2D eigenvalue weighted by atomic mass is 16.5. The summed E-state index contributed by atoms with van der Waals surface area (Å²) in [6.45, 7) is 18.4. The molecule has 0 aliphatic carbocycles. The van der Waals surface area contributed by atoms with Crippen molar-refractivity contribution in [1.82, 2.24) is 41.3 Å². The van der Waals surface area contributed by atoms with Gasteiger partial charge in [0.15, 0.2) is 11.9 Å². The Morgan fingerprint density at radius 3 is 1.76 bits per heavy atom. The molecule has 5 N–H and O–H groups in total. The molecule has 19 nitrogen and oxygen atoms in total. The number of nitrogens with one attached hydrogen (secondary N) is 5. The van der Waals surface area contributed by atoms with E-state index in [1.54, 1.807) is 65.0 Å². The molecule has 1 aliphatic rings. The Bertz CT molecular complexity index is 1970. The van der Waals surface area contributed by atoms with Gasteiger partial charge in [-0.05, 0) is 71.3 Å². The van der Waals surface area contributed by atoms with Crippen LogP contribution in [0.3, 0.4) is 0 Å². The van der Waals surface area contributed by atoms with Gasteiger partial charge in [0.1, 0.15) is 29.6 Å². The fraction of sp³-hybridized carbons (Fsp3) is 0.673. The number of nitrogens with zero attached hydrogens (tertiary/aromatic N) is 3. The van der Waals surface area contributed by atoms with Crippen LogP contribution < -0.4 is 26.6 Å². The van der Waals surface area contributed by atoms with Crippen LogP contribution in [-0.4, -0.2) is 150 Å². The molecule has 19 heteroatoms. The number of hydrogen-bond acceptors (Lipinski definition) is 11. The largest absolute Gasteiger partial charge is 0.452 e. The van der Waals surface area contributed by atoms with Crippen molar-refractivity contribution in [3.63, 3.8) is 0 Å². The first-order chi connectivity index (χ1) is 31.6. The zero-order valence-electron chi connectivity index (χ0n) is 42.8. The van der Waals surface area contributed by atoms with Crippen molar-refractivity contribution >= 4 is 59.0 Å². The quantitative estimate of drug-likeness (QED) is 0.186. The molecular weight excluding hydrogens is 877 g/mol. The van der Waals surface area contributed by atoms with Crippen molar-refractivity contribution in [1.29, 1.82) is 0 Å². The summed E-state index contributed by atoms with van der Waals surface area (Å²) < 4.78 is 5.75. The highest BCUT2D eigenvalue weighted by Crippen LogP contribution is 2.22. The average molecular weight is 955 g/mol. The van der Waals surface area contributed by atoms with Crippen molar-refractivity contribution < 1.29 is 52.7 Å². The molecule has 0 unspecified atom stereocenters. The van der Waals surface area contributed by atoms with E-state index in [4.69, 9.17) is 4.74 Å². The van der Waals surface area contributed by atoms with Crippen LogP contribution in [0.25, 0.3) is 0 Å². The van der Waals surface area contributed by atoms with Crippen LogP contribution in [0.5, 0.6) is 0 Å². The monoisotopic (exact) mass is 955 g/mol. The Morgan fingerprint density at radius 2 is 1.24 bits per heavy atom. The van der Waals surface area contributed by atoms with Crippen molar-refractivity contribution in [3.05, 3.63) is 35.9 Å². The molecule has 8 amide bonds. The summed E-state index contributed by atoms with van der Waals surface area (Å²) in [4.78, 5) is 142. The first-order valence-corrected chi connectivity index (χ1v) is 23.7. The summed E-state index contributed by atoms with van der Waals surface area (Å²) in [6.07, 6.45) is -0.427. The third-order valence-electron chi connectivity index (χ3n) is 12.9. The van der Waals surface area contributed by atoms with Crippen LogP contribution >= 0.6 is 0 Å². The molecule has 9 atom stereocenters. The molecule has 0 spiro atoms. The van der Waals surface area contributed by atoms with Crippen LogP contribution in [0.15, 0.2) is 30.3 Å². The van der Waals surface area contributed by atoms with E-state index >= 15 is 0 Å². The van der Waals surface area contributed by atoms with E-state index in [1.807, 2.05) is 13.8 Å². The molecule has 1 fully saturated rings. The van der Waals surface area contributed by atoms with Crippen molar-refractivity contribution in [2.24, 2.45) is 29.1 Å².